The molecule has 0 aromatic heterocycles. The first-order valence-corrected chi connectivity index (χ1v) is 8.04. The molecule has 120 valence electrons. The van der Waals surface area contributed by atoms with E-state index in [1.807, 2.05) is 6.92 Å². The van der Waals surface area contributed by atoms with E-state index in [1.54, 1.807) is 7.11 Å². The highest BCUT2D eigenvalue weighted by atomic mass is 35.5. The Kier molecular flexibility index (Phi) is 4.08. The third-order valence-electron chi connectivity index (χ3n) is 5.25. The second kappa shape index (κ2) is 5.46. The molecule has 0 amide bonds. The number of alkyl halides is 1. The molecule has 5 nitrogen and oxygen atoms in total. The van der Waals surface area contributed by atoms with Crippen LogP contribution in [-0.4, -0.2) is 55.6 Å². The molecule has 3 aliphatic rings. The minimum atomic E-state index is -0.444. The van der Waals surface area contributed by atoms with E-state index in [9.17, 15) is 4.79 Å². The molecule has 0 aromatic rings. The van der Waals surface area contributed by atoms with Crippen molar-refractivity contribution in [1.29, 1.82) is 0 Å². The summed E-state index contributed by atoms with van der Waals surface area (Å²) in [5.41, 5.74) is -0.618. The smallest absolute Gasteiger partial charge is 0.164 e. The summed E-state index contributed by atoms with van der Waals surface area (Å²) in [5, 5.41) is 0. The minimum absolute atomic E-state index is 0.0194. The van der Waals surface area contributed by atoms with Gasteiger partial charge >= 0.3 is 0 Å². The maximum absolute atomic E-state index is 12.4. The Bertz CT molecular complexity index is 424. The summed E-state index contributed by atoms with van der Waals surface area (Å²) in [5.74, 6) is 0.102. The first-order chi connectivity index (χ1) is 9.98. The van der Waals surface area contributed by atoms with E-state index in [0.29, 0.717) is 13.2 Å². The highest BCUT2D eigenvalue weighted by molar-refractivity contribution is 6.17. The number of hydrogen-bond donors (Lipinski definition) is 0. The quantitative estimate of drug-likeness (QED) is 0.424. The van der Waals surface area contributed by atoms with Gasteiger partial charge < -0.3 is 18.9 Å². The second-order valence-corrected chi connectivity index (χ2v) is 6.81. The summed E-state index contributed by atoms with van der Waals surface area (Å²) in [6.45, 7) is 5.27. The van der Waals surface area contributed by atoms with Gasteiger partial charge in [-0.2, -0.15) is 0 Å². The van der Waals surface area contributed by atoms with Gasteiger partial charge in [0.25, 0.3) is 0 Å². The van der Waals surface area contributed by atoms with Gasteiger partial charge in [0.15, 0.2) is 5.78 Å². The molecule has 21 heavy (non-hydrogen) atoms. The highest BCUT2D eigenvalue weighted by Gasteiger charge is 2.72. The number of carbonyl (C=O) groups is 1. The normalized spacial score (nSPS) is 48.7. The third kappa shape index (κ3) is 2.53. The molecule has 6 heteroatoms. The zero-order valence-electron chi connectivity index (χ0n) is 12.8. The summed E-state index contributed by atoms with van der Waals surface area (Å²) in [4.78, 5) is 12.4. The molecule has 6 atom stereocenters. The van der Waals surface area contributed by atoms with Gasteiger partial charge in [0, 0.05) is 13.0 Å². The Labute approximate surface area is 130 Å². The standard InChI is InChI=1S/C15H23ClO5/c1-9-6-15(7-20-15)13(12(18-3)11(9)17)14(2)10(21-14)4-5-19-8-16/h9-10,12-13H,4-8H2,1-3H3. The van der Waals surface area contributed by atoms with Crippen molar-refractivity contribution in [2.45, 2.75) is 50.1 Å². The SMILES string of the molecule is COC1C(=O)C(C)CC2(CO2)C1C1(C)OC1CCOCCl. The second-order valence-electron chi connectivity index (χ2n) is 6.59. The average molecular weight is 319 g/mol. The van der Waals surface area contributed by atoms with E-state index in [1.165, 1.54) is 0 Å². The molecule has 2 heterocycles. The summed E-state index contributed by atoms with van der Waals surface area (Å²) >= 11 is 5.51. The van der Waals surface area contributed by atoms with Crippen molar-refractivity contribution in [3.63, 3.8) is 0 Å². The number of epoxide rings is 2. The van der Waals surface area contributed by atoms with Crippen LogP contribution in [0.2, 0.25) is 0 Å². The number of rotatable bonds is 6. The molecular weight excluding hydrogens is 296 g/mol. The van der Waals surface area contributed by atoms with Crippen LogP contribution in [0.3, 0.4) is 0 Å². The number of ketones is 1. The van der Waals surface area contributed by atoms with E-state index >= 15 is 0 Å². The van der Waals surface area contributed by atoms with Crippen LogP contribution in [-0.2, 0) is 23.7 Å². The first kappa shape index (κ1) is 15.7. The minimum Gasteiger partial charge on any atom is -0.373 e. The summed E-state index contributed by atoms with van der Waals surface area (Å²) < 4.78 is 22.4. The van der Waals surface area contributed by atoms with Crippen LogP contribution in [0.1, 0.15) is 26.7 Å². The average Bonchev–Trinajstić information content (AvgIpc) is 3.34. The molecule has 2 saturated heterocycles. The lowest BCUT2D eigenvalue weighted by molar-refractivity contribution is -0.148. The third-order valence-corrected chi connectivity index (χ3v) is 5.41. The predicted molar refractivity (Wildman–Crippen MR) is 76.3 cm³/mol. The number of Topliss-reactive ketones (excluding diaryl/α,β-unsaturated/α-hetero) is 1. The summed E-state index contributed by atoms with van der Waals surface area (Å²) in [6.07, 6.45) is 1.17. The fraction of sp³-hybridized carbons (Fsp3) is 0.933. The molecule has 1 aliphatic carbocycles. The molecule has 0 N–H and O–H groups in total. The van der Waals surface area contributed by atoms with Gasteiger partial charge in [-0.25, -0.2) is 0 Å². The van der Waals surface area contributed by atoms with Crippen molar-refractivity contribution in [3.05, 3.63) is 0 Å². The number of halogens is 1. The van der Waals surface area contributed by atoms with Crippen molar-refractivity contribution in [2.75, 3.05) is 26.4 Å². The zero-order chi connectivity index (χ0) is 15.3. The molecule has 0 bridgehead atoms. The zero-order valence-corrected chi connectivity index (χ0v) is 13.5. The van der Waals surface area contributed by atoms with Crippen molar-refractivity contribution in [1.82, 2.24) is 0 Å². The van der Waals surface area contributed by atoms with Gasteiger partial charge in [0.1, 0.15) is 23.4 Å². The summed E-state index contributed by atoms with van der Waals surface area (Å²) in [7, 11) is 1.60. The maximum Gasteiger partial charge on any atom is 0.164 e. The molecule has 3 fully saturated rings. The Morgan fingerprint density at radius 2 is 2.19 bits per heavy atom. The largest absolute Gasteiger partial charge is 0.373 e. The number of ether oxygens (including phenoxy) is 4. The van der Waals surface area contributed by atoms with Crippen LogP contribution in [0.4, 0.5) is 0 Å². The van der Waals surface area contributed by atoms with Crippen molar-refractivity contribution >= 4 is 17.4 Å². The lowest BCUT2D eigenvalue weighted by Gasteiger charge is -2.40. The molecule has 3 rings (SSSR count). The molecule has 0 aromatic carbocycles. The fourth-order valence-electron chi connectivity index (χ4n) is 4.07. The van der Waals surface area contributed by atoms with E-state index in [4.69, 9.17) is 30.5 Å². The lowest BCUT2D eigenvalue weighted by Crippen LogP contribution is -2.55. The Morgan fingerprint density at radius 1 is 1.48 bits per heavy atom. The van der Waals surface area contributed by atoms with Gasteiger partial charge in [-0.05, 0) is 19.8 Å². The van der Waals surface area contributed by atoms with E-state index in [0.717, 1.165) is 12.8 Å². The fourth-order valence-corrected chi connectivity index (χ4v) is 4.18. The van der Waals surface area contributed by atoms with Crippen molar-refractivity contribution < 1.29 is 23.7 Å². The molecule has 6 unspecified atom stereocenters. The van der Waals surface area contributed by atoms with Gasteiger partial charge in [0.05, 0.1) is 25.2 Å². The Morgan fingerprint density at radius 3 is 2.76 bits per heavy atom. The van der Waals surface area contributed by atoms with Gasteiger partial charge in [-0.15, -0.1) is 0 Å². The molecular formula is C15H23ClO5. The lowest BCUT2D eigenvalue weighted by atomic mass is 9.66. The van der Waals surface area contributed by atoms with Crippen molar-refractivity contribution in [3.8, 4) is 0 Å². The summed E-state index contributed by atoms with van der Waals surface area (Å²) in [6, 6.07) is 0.191. The maximum atomic E-state index is 12.4. The number of methoxy groups -OCH3 is 1. The van der Waals surface area contributed by atoms with Gasteiger partial charge in [-0.3, -0.25) is 4.79 Å². The van der Waals surface area contributed by atoms with E-state index in [-0.39, 0.29) is 41.0 Å². The van der Waals surface area contributed by atoms with E-state index in [2.05, 4.69) is 6.92 Å². The van der Waals surface area contributed by atoms with Crippen LogP contribution >= 0.6 is 11.6 Å². The van der Waals surface area contributed by atoms with Crippen LogP contribution in [0, 0.1) is 11.8 Å². The number of carbonyl (C=O) groups excluding carboxylic acids is 1. The van der Waals surface area contributed by atoms with Gasteiger partial charge in [0.2, 0.25) is 0 Å². The number of hydrogen-bond acceptors (Lipinski definition) is 5. The molecule has 1 saturated carbocycles. The monoisotopic (exact) mass is 318 g/mol. The predicted octanol–water partition coefficient (Wildman–Crippen LogP) is 1.76. The van der Waals surface area contributed by atoms with Crippen LogP contribution < -0.4 is 0 Å². The van der Waals surface area contributed by atoms with Crippen molar-refractivity contribution in [2.24, 2.45) is 11.8 Å². The Balaban J connectivity index is 1.75. The van der Waals surface area contributed by atoms with E-state index < -0.39 is 6.10 Å². The van der Waals surface area contributed by atoms with Crippen LogP contribution in [0.25, 0.3) is 0 Å². The highest BCUT2D eigenvalue weighted by Crippen LogP contribution is 2.59. The first-order valence-electron chi connectivity index (χ1n) is 7.50. The van der Waals surface area contributed by atoms with Crippen LogP contribution in [0.15, 0.2) is 0 Å². The Hall–Kier alpha value is -0.200. The van der Waals surface area contributed by atoms with Crippen LogP contribution in [0.5, 0.6) is 0 Å². The van der Waals surface area contributed by atoms with Gasteiger partial charge in [-0.1, -0.05) is 18.5 Å². The molecule has 2 aliphatic heterocycles. The topological polar surface area (TPSA) is 60.6 Å². The molecule has 1 spiro atoms. The molecule has 0 radical (unpaired) electrons.